The molecular weight excluding hydrogens is 274 g/mol. The molecule has 2 heterocycles. The van der Waals surface area contributed by atoms with E-state index in [2.05, 4.69) is 14.6 Å². The number of carbonyl (C=O) groups is 2. The highest BCUT2D eigenvalue weighted by Gasteiger charge is 2.18. The summed E-state index contributed by atoms with van der Waals surface area (Å²) in [5, 5.41) is 8.85. The predicted octanol–water partition coefficient (Wildman–Crippen LogP) is 0.465. The fourth-order valence-electron chi connectivity index (χ4n) is 2.41. The van der Waals surface area contributed by atoms with Gasteiger partial charge in [-0.25, -0.2) is 9.78 Å². The average molecular weight is 293 g/mol. The Morgan fingerprint density at radius 1 is 1.33 bits per heavy atom. The van der Waals surface area contributed by atoms with Crippen LogP contribution in [0.3, 0.4) is 0 Å². The van der Waals surface area contributed by atoms with Crippen molar-refractivity contribution in [2.45, 2.75) is 6.42 Å². The molecule has 1 fully saturated rings. The van der Waals surface area contributed by atoms with Crippen LogP contribution in [0.1, 0.15) is 16.9 Å². The topological polar surface area (TPSA) is 83.0 Å². The summed E-state index contributed by atoms with van der Waals surface area (Å²) in [6.07, 6.45) is 2.46. The van der Waals surface area contributed by atoms with Crippen LogP contribution in [-0.4, -0.2) is 66.8 Å². The maximum atomic E-state index is 11.5. The minimum absolute atomic E-state index is 0.0671. The van der Waals surface area contributed by atoms with Crippen molar-refractivity contribution >= 4 is 17.6 Å². The van der Waals surface area contributed by atoms with Crippen molar-refractivity contribution in [2.24, 2.45) is 0 Å². The number of nitrogens with zero attached hydrogens (tertiary/aromatic N) is 3. The first kappa shape index (κ1) is 15.2. The van der Waals surface area contributed by atoms with Gasteiger partial charge in [-0.05, 0) is 18.6 Å². The Morgan fingerprint density at radius 2 is 2.14 bits per heavy atom. The van der Waals surface area contributed by atoms with Crippen molar-refractivity contribution in [3.63, 3.8) is 0 Å². The largest absolute Gasteiger partial charge is 0.480 e. The molecule has 1 aliphatic rings. The first-order valence-corrected chi connectivity index (χ1v) is 6.83. The summed E-state index contributed by atoms with van der Waals surface area (Å²) in [5.74, 6) is -1.26. The lowest BCUT2D eigenvalue weighted by Gasteiger charge is -2.23. The zero-order chi connectivity index (χ0) is 15.2. The van der Waals surface area contributed by atoms with E-state index in [0.29, 0.717) is 6.54 Å². The zero-order valence-electron chi connectivity index (χ0n) is 12.0. The van der Waals surface area contributed by atoms with E-state index in [9.17, 15) is 9.59 Å². The lowest BCUT2D eigenvalue weighted by molar-refractivity contribution is -0.138. The van der Waals surface area contributed by atoms with E-state index in [1.807, 2.05) is 11.0 Å². The summed E-state index contributed by atoms with van der Waals surface area (Å²) in [4.78, 5) is 30.3. The minimum atomic E-state index is -0.805. The lowest BCUT2D eigenvalue weighted by atomic mass is 10.2. The molecule has 1 saturated heterocycles. The summed E-state index contributed by atoms with van der Waals surface area (Å²) in [6.45, 7) is 3.05. The molecule has 114 valence electrons. The fraction of sp³-hybridized carbons (Fsp3) is 0.500. The van der Waals surface area contributed by atoms with Crippen molar-refractivity contribution in [3.05, 3.63) is 24.0 Å². The molecule has 0 spiro atoms. The Balaban J connectivity index is 2.05. The number of rotatable bonds is 4. The highest BCUT2D eigenvalue weighted by molar-refractivity contribution is 5.88. The third kappa shape index (κ3) is 4.16. The number of methoxy groups -OCH3 is 1. The molecular formula is C14H19N3O4. The van der Waals surface area contributed by atoms with E-state index >= 15 is 0 Å². The number of aliphatic carboxylic acids is 1. The number of carboxylic acids is 1. The highest BCUT2D eigenvalue weighted by atomic mass is 16.5. The van der Waals surface area contributed by atoms with Crippen molar-refractivity contribution in [1.29, 1.82) is 0 Å². The molecule has 2 rings (SSSR count). The second-order valence-corrected chi connectivity index (χ2v) is 4.90. The maximum Gasteiger partial charge on any atom is 0.356 e. The second-order valence-electron chi connectivity index (χ2n) is 4.90. The van der Waals surface area contributed by atoms with Crippen LogP contribution in [0, 0.1) is 0 Å². The standard InChI is InChI=1S/C14H19N3O4/c1-21-14(20)12-9-11(3-4-15-12)17-6-2-5-16(7-8-17)10-13(18)19/h3-4,9H,2,5-8,10H2,1H3,(H,18,19). The van der Waals surface area contributed by atoms with Gasteiger partial charge in [0.2, 0.25) is 0 Å². The van der Waals surface area contributed by atoms with Crippen molar-refractivity contribution in [2.75, 3.05) is 44.7 Å². The van der Waals surface area contributed by atoms with Gasteiger partial charge in [-0.3, -0.25) is 9.69 Å². The molecule has 1 N–H and O–H groups in total. The van der Waals surface area contributed by atoms with E-state index < -0.39 is 11.9 Å². The number of pyridine rings is 1. The number of anilines is 1. The Morgan fingerprint density at radius 3 is 2.86 bits per heavy atom. The molecule has 0 atom stereocenters. The number of aromatic nitrogens is 1. The quantitative estimate of drug-likeness (QED) is 0.808. The van der Waals surface area contributed by atoms with E-state index in [1.54, 1.807) is 12.3 Å². The second kappa shape index (κ2) is 7.03. The molecule has 0 aliphatic carbocycles. The van der Waals surface area contributed by atoms with Crippen LogP contribution in [-0.2, 0) is 9.53 Å². The molecule has 0 amide bonds. The molecule has 1 aromatic heterocycles. The van der Waals surface area contributed by atoms with Gasteiger partial charge < -0.3 is 14.7 Å². The highest BCUT2D eigenvalue weighted by Crippen LogP contribution is 2.17. The molecule has 0 aromatic carbocycles. The normalized spacial score (nSPS) is 16.3. The SMILES string of the molecule is COC(=O)c1cc(N2CCCN(CC(=O)O)CC2)ccn1. The first-order valence-electron chi connectivity index (χ1n) is 6.83. The van der Waals surface area contributed by atoms with Gasteiger partial charge in [0.1, 0.15) is 5.69 Å². The smallest absolute Gasteiger partial charge is 0.356 e. The Hall–Kier alpha value is -2.15. The van der Waals surface area contributed by atoms with Crippen molar-refractivity contribution in [3.8, 4) is 0 Å². The van der Waals surface area contributed by atoms with Crippen molar-refractivity contribution in [1.82, 2.24) is 9.88 Å². The van der Waals surface area contributed by atoms with Gasteiger partial charge in [0.25, 0.3) is 0 Å². The number of hydrogen-bond acceptors (Lipinski definition) is 6. The Labute approximate surface area is 123 Å². The third-order valence-electron chi connectivity index (χ3n) is 3.45. The van der Waals surface area contributed by atoms with E-state index in [0.717, 1.165) is 31.7 Å². The molecule has 0 unspecified atom stereocenters. The van der Waals surface area contributed by atoms with Crippen LogP contribution in [0.2, 0.25) is 0 Å². The molecule has 1 aromatic rings. The molecule has 21 heavy (non-hydrogen) atoms. The first-order chi connectivity index (χ1) is 10.1. The van der Waals surface area contributed by atoms with Gasteiger partial charge in [-0.15, -0.1) is 0 Å². The number of carboxylic acid groups (broad SMARTS) is 1. The van der Waals surface area contributed by atoms with Crippen LogP contribution in [0.25, 0.3) is 0 Å². The minimum Gasteiger partial charge on any atom is -0.480 e. The number of carbonyl (C=O) groups excluding carboxylic acids is 1. The molecule has 0 radical (unpaired) electrons. The fourth-order valence-corrected chi connectivity index (χ4v) is 2.41. The third-order valence-corrected chi connectivity index (χ3v) is 3.45. The van der Waals surface area contributed by atoms with E-state index in [1.165, 1.54) is 7.11 Å². The lowest BCUT2D eigenvalue weighted by Crippen LogP contribution is -2.34. The van der Waals surface area contributed by atoms with Crippen LogP contribution >= 0.6 is 0 Å². The maximum absolute atomic E-state index is 11.5. The predicted molar refractivity (Wildman–Crippen MR) is 76.5 cm³/mol. The molecule has 7 heteroatoms. The van der Waals surface area contributed by atoms with Gasteiger partial charge in [0.15, 0.2) is 0 Å². The van der Waals surface area contributed by atoms with E-state index in [4.69, 9.17) is 5.11 Å². The monoisotopic (exact) mass is 293 g/mol. The van der Waals surface area contributed by atoms with Gasteiger partial charge in [-0.1, -0.05) is 0 Å². The number of hydrogen-bond donors (Lipinski definition) is 1. The molecule has 0 bridgehead atoms. The summed E-state index contributed by atoms with van der Waals surface area (Å²) >= 11 is 0. The summed E-state index contributed by atoms with van der Waals surface area (Å²) in [5.41, 5.74) is 1.18. The van der Waals surface area contributed by atoms with Crippen LogP contribution in [0.5, 0.6) is 0 Å². The molecule has 7 nitrogen and oxygen atoms in total. The Kier molecular flexibility index (Phi) is 5.10. The van der Waals surface area contributed by atoms with Crippen LogP contribution in [0.15, 0.2) is 18.3 Å². The zero-order valence-corrected chi connectivity index (χ0v) is 12.0. The molecule has 0 saturated carbocycles. The number of ether oxygens (including phenoxy) is 1. The van der Waals surface area contributed by atoms with Crippen molar-refractivity contribution < 1.29 is 19.4 Å². The number of esters is 1. The van der Waals surface area contributed by atoms with E-state index in [-0.39, 0.29) is 12.2 Å². The summed E-state index contributed by atoms with van der Waals surface area (Å²) in [7, 11) is 1.33. The summed E-state index contributed by atoms with van der Waals surface area (Å²) in [6, 6.07) is 3.55. The van der Waals surface area contributed by atoms with Gasteiger partial charge in [-0.2, -0.15) is 0 Å². The average Bonchev–Trinajstić information content (AvgIpc) is 2.71. The van der Waals surface area contributed by atoms with Gasteiger partial charge >= 0.3 is 11.9 Å². The molecule has 1 aliphatic heterocycles. The van der Waals surface area contributed by atoms with Gasteiger partial charge in [0.05, 0.1) is 13.7 Å². The van der Waals surface area contributed by atoms with Crippen LogP contribution < -0.4 is 4.90 Å². The Bertz CT molecular complexity index is 521. The van der Waals surface area contributed by atoms with Gasteiger partial charge in [0, 0.05) is 38.1 Å². The van der Waals surface area contributed by atoms with Crippen LogP contribution in [0.4, 0.5) is 5.69 Å². The summed E-state index contributed by atoms with van der Waals surface area (Å²) < 4.78 is 4.67.